The predicted molar refractivity (Wildman–Crippen MR) is 120 cm³/mol. The molecule has 1 saturated carbocycles. The number of sulfonamides is 1. The fraction of sp³-hybridized carbons (Fsp3) is 0.364. The van der Waals surface area contributed by atoms with Crippen molar-refractivity contribution < 1.29 is 17.9 Å². The van der Waals surface area contributed by atoms with E-state index in [1.807, 2.05) is 0 Å². The van der Waals surface area contributed by atoms with Crippen LogP contribution in [0.4, 0.5) is 5.13 Å². The summed E-state index contributed by atoms with van der Waals surface area (Å²) in [4.78, 5) is 17.3. The monoisotopic (exact) mass is 457 g/mol. The van der Waals surface area contributed by atoms with Gasteiger partial charge in [-0.3, -0.25) is 10.1 Å². The molecule has 0 radical (unpaired) electrons. The first-order chi connectivity index (χ1) is 15.0. The third-order valence-corrected chi connectivity index (χ3v) is 8.41. The van der Waals surface area contributed by atoms with Crippen molar-refractivity contribution in [2.24, 2.45) is 5.92 Å². The van der Waals surface area contributed by atoms with Crippen LogP contribution in [0.15, 0.2) is 47.4 Å². The highest BCUT2D eigenvalue weighted by Crippen LogP contribution is 2.31. The minimum atomic E-state index is -3.48. The molecule has 1 aromatic heterocycles. The molecule has 31 heavy (non-hydrogen) atoms. The second-order valence-corrected chi connectivity index (χ2v) is 11.0. The maximum Gasteiger partial charge on any atom is 0.257 e. The van der Waals surface area contributed by atoms with Gasteiger partial charge in [0.25, 0.3) is 5.91 Å². The molecule has 2 aromatic carbocycles. The SMILES string of the molecule is O=C(Nc1nc2ccc(S(=O)(=O)N3CCCC3)cc2s1)c1ccc(OCC2CC2)cc1. The van der Waals surface area contributed by atoms with Crippen molar-refractivity contribution in [3.8, 4) is 5.75 Å². The van der Waals surface area contributed by atoms with Crippen LogP contribution >= 0.6 is 11.3 Å². The van der Waals surface area contributed by atoms with Crippen LogP contribution in [0, 0.1) is 5.92 Å². The fourth-order valence-corrected chi connectivity index (χ4v) is 6.09. The van der Waals surface area contributed by atoms with E-state index in [9.17, 15) is 13.2 Å². The summed E-state index contributed by atoms with van der Waals surface area (Å²) in [5.41, 5.74) is 1.17. The van der Waals surface area contributed by atoms with Crippen molar-refractivity contribution in [1.29, 1.82) is 0 Å². The molecule has 9 heteroatoms. The van der Waals surface area contributed by atoms with Crippen LogP contribution in [0.1, 0.15) is 36.0 Å². The molecule has 0 spiro atoms. The number of nitrogens with zero attached hydrogens (tertiary/aromatic N) is 2. The van der Waals surface area contributed by atoms with E-state index in [0.717, 1.165) is 29.9 Å². The van der Waals surface area contributed by atoms with Gasteiger partial charge >= 0.3 is 0 Å². The predicted octanol–water partition coefficient (Wildman–Crippen LogP) is 4.12. The summed E-state index contributed by atoms with van der Waals surface area (Å²) in [6.45, 7) is 1.86. The lowest BCUT2D eigenvalue weighted by molar-refractivity contribution is 0.102. The molecule has 2 fully saturated rings. The molecular weight excluding hydrogens is 434 g/mol. The van der Waals surface area contributed by atoms with Gasteiger partial charge in [-0.05, 0) is 74.1 Å². The number of amides is 1. The highest BCUT2D eigenvalue weighted by molar-refractivity contribution is 7.89. The van der Waals surface area contributed by atoms with Crippen molar-refractivity contribution in [1.82, 2.24) is 9.29 Å². The van der Waals surface area contributed by atoms with Gasteiger partial charge in [-0.1, -0.05) is 11.3 Å². The first kappa shape index (κ1) is 20.4. The molecule has 0 bridgehead atoms. The van der Waals surface area contributed by atoms with Crippen molar-refractivity contribution >= 4 is 42.6 Å². The zero-order valence-corrected chi connectivity index (χ0v) is 18.5. The number of nitrogens with one attached hydrogen (secondary N) is 1. The molecule has 1 N–H and O–H groups in total. The lowest BCUT2D eigenvalue weighted by Gasteiger charge is -2.15. The quantitative estimate of drug-likeness (QED) is 0.577. The number of ether oxygens (including phenoxy) is 1. The number of carbonyl (C=O) groups excluding carboxylic acids is 1. The van der Waals surface area contributed by atoms with Crippen LogP contribution in [0.2, 0.25) is 0 Å². The second kappa shape index (κ2) is 8.22. The maximum absolute atomic E-state index is 12.8. The summed E-state index contributed by atoms with van der Waals surface area (Å²) in [7, 11) is -3.48. The van der Waals surface area contributed by atoms with Crippen LogP contribution in [-0.2, 0) is 10.0 Å². The van der Waals surface area contributed by atoms with E-state index in [0.29, 0.717) is 35.2 Å². The summed E-state index contributed by atoms with van der Waals surface area (Å²) >= 11 is 1.26. The van der Waals surface area contributed by atoms with Crippen molar-refractivity contribution in [2.75, 3.05) is 25.0 Å². The molecule has 162 valence electrons. The molecule has 7 nitrogen and oxygen atoms in total. The average Bonchev–Trinajstić information content (AvgIpc) is 3.24. The zero-order valence-electron chi connectivity index (χ0n) is 16.9. The van der Waals surface area contributed by atoms with Gasteiger partial charge in [0.1, 0.15) is 5.75 Å². The molecule has 1 aliphatic carbocycles. The Morgan fingerprint density at radius 3 is 2.58 bits per heavy atom. The Balaban J connectivity index is 1.29. The number of carbonyl (C=O) groups is 1. The number of benzene rings is 2. The first-order valence-corrected chi connectivity index (χ1v) is 12.7. The highest BCUT2D eigenvalue weighted by Gasteiger charge is 2.27. The molecule has 1 saturated heterocycles. The van der Waals surface area contributed by atoms with Crippen molar-refractivity contribution in [3.05, 3.63) is 48.0 Å². The molecule has 5 rings (SSSR count). The highest BCUT2D eigenvalue weighted by atomic mass is 32.2. The van der Waals surface area contributed by atoms with Crippen molar-refractivity contribution in [3.63, 3.8) is 0 Å². The standard InChI is InChI=1S/C22H23N3O4S2/c26-21(16-5-7-17(8-6-16)29-14-15-3-4-15)24-22-23-19-10-9-18(13-20(19)30-22)31(27,28)25-11-1-2-12-25/h5-10,13,15H,1-4,11-12,14H2,(H,23,24,26). The molecule has 2 aliphatic rings. The van der Waals surface area contributed by atoms with Crippen LogP contribution in [-0.4, -0.2) is 43.3 Å². The number of rotatable bonds is 7. The Labute approximate surface area is 185 Å². The van der Waals surface area contributed by atoms with Gasteiger partial charge < -0.3 is 4.74 Å². The third-order valence-electron chi connectivity index (χ3n) is 5.58. The van der Waals surface area contributed by atoms with Crippen LogP contribution in [0.3, 0.4) is 0 Å². The maximum atomic E-state index is 12.8. The summed E-state index contributed by atoms with van der Waals surface area (Å²) in [5, 5.41) is 3.24. The van der Waals surface area contributed by atoms with E-state index < -0.39 is 10.0 Å². The van der Waals surface area contributed by atoms with Crippen LogP contribution in [0.25, 0.3) is 10.2 Å². The number of aromatic nitrogens is 1. The molecule has 2 heterocycles. The summed E-state index contributed by atoms with van der Waals surface area (Å²) in [6.07, 6.45) is 4.25. The van der Waals surface area contributed by atoms with Gasteiger partial charge in [0.2, 0.25) is 10.0 Å². The Morgan fingerprint density at radius 1 is 1.13 bits per heavy atom. The molecule has 0 unspecified atom stereocenters. The van der Waals surface area contributed by atoms with Crippen LogP contribution < -0.4 is 10.1 Å². The van der Waals surface area contributed by atoms with E-state index in [1.165, 1.54) is 28.5 Å². The third kappa shape index (κ3) is 4.44. The Kier molecular flexibility index (Phi) is 5.41. The van der Waals surface area contributed by atoms with Crippen molar-refractivity contribution in [2.45, 2.75) is 30.6 Å². The number of anilines is 1. The zero-order chi connectivity index (χ0) is 21.4. The van der Waals surface area contributed by atoms with E-state index in [2.05, 4.69) is 10.3 Å². The Hall–Kier alpha value is -2.49. The van der Waals surface area contributed by atoms with Gasteiger partial charge in [-0.25, -0.2) is 13.4 Å². The lowest BCUT2D eigenvalue weighted by Crippen LogP contribution is -2.27. The smallest absolute Gasteiger partial charge is 0.257 e. The lowest BCUT2D eigenvalue weighted by atomic mass is 10.2. The van der Waals surface area contributed by atoms with E-state index in [-0.39, 0.29) is 10.8 Å². The summed E-state index contributed by atoms with van der Waals surface area (Å²) < 4.78 is 33.5. The van der Waals surface area contributed by atoms with E-state index in [1.54, 1.807) is 42.5 Å². The molecule has 3 aromatic rings. The van der Waals surface area contributed by atoms with Gasteiger partial charge in [0.05, 0.1) is 21.7 Å². The van der Waals surface area contributed by atoms with Gasteiger partial charge in [0.15, 0.2) is 5.13 Å². The Morgan fingerprint density at radius 2 is 1.87 bits per heavy atom. The normalized spacial score (nSPS) is 17.2. The minimum Gasteiger partial charge on any atom is -0.493 e. The number of hydrogen-bond donors (Lipinski definition) is 1. The summed E-state index contributed by atoms with van der Waals surface area (Å²) in [5.74, 6) is 1.17. The second-order valence-electron chi connectivity index (χ2n) is 7.99. The topological polar surface area (TPSA) is 88.6 Å². The van der Waals surface area contributed by atoms with E-state index in [4.69, 9.17) is 4.74 Å². The molecule has 1 aliphatic heterocycles. The Bertz CT molecular complexity index is 1210. The average molecular weight is 458 g/mol. The number of hydrogen-bond acceptors (Lipinski definition) is 6. The van der Waals surface area contributed by atoms with Gasteiger partial charge in [-0.2, -0.15) is 4.31 Å². The molecule has 0 atom stereocenters. The first-order valence-electron chi connectivity index (χ1n) is 10.4. The van der Waals surface area contributed by atoms with Gasteiger partial charge in [-0.15, -0.1) is 0 Å². The van der Waals surface area contributed by atoms with Crippen LogP contribution in [0.5, 0.6) is 5.75 Å². The number of thiazole rings is 1. The largest absolute Gasteiger partial charge is 0.493 e. The van der Waals surface area contributed by atoms with Gasteiger partial charge in [0, 0.05) is 18.7 Å². The fourth-order valence-electron chi connectivity index (χ4n) is 3.57. The number of fused-ring (bicyclic) bond motifs is 1. The van der Waals surface area contributed by atoms with E-state index >= 15 is 0 Å². The summed E-state index contributed by atoms with van der Waals surface area (Å²) in [6, 6.07) is 12.0. The molecular formula is C22H23N3O4S2. The molecule has 1 amide bonds. The minimum absolute atomic E-state index is 0.266.